The Bertz CT molecular complexity index is 837. The van der Waals surface area contributed by atoms with E-state index in [9.17, 15) is 27.6 Å². The molecule has 1 aromatic heterocycles. The molecule has 2 aromatic rings. The minimum absolute atomic E-state index is 0.00439. The van der Waals surface area contributed by atoms with E-state index in [0.29, 0.717) is 0 Å². The summed E-state index contributed by atoms with van der Waals surface area (Å²) in [5.74, 6) is -3.37. The van der Waals surface area contributed by atoms with Crippen LogP contribution in [0.2, 0.25) is 0 Å². The number of halogens is 3. The number of hydrogen-bond acceptors (Lipinski definition) is 5. The molecule has 2 heterocycles. The van der Waals surface area contributed by atoms with E-state index < -0.39 is 35.2 Å². The van der Waals surface area contributed by atoms with Crippen molar-refractivity contribution in [2.75, 3.05) is 0 Å². The van der Waals surface area contributed by atoms with Crippen LogP contribution in [0.4, 0.5) is 13.2 Å². The van der Waals surface area contributed by atoms with Gasteiger partial charge < -0.3 is 4.84 Å². The number of fused-ring (bicyclic) bond motifs is 1. The Labute approximate surface area is 132 Å². The summed E-state index contributed by atoms with van der Waals surface area (Å²) in [6, 6.07) is 5.68. The number of aryl methyl sites for hydroxylation is 1. The molecule has 0 spiro atoms. The van der Waals surface area contributed by atoms with E-state index in [2.05, 4.69) is 9.94 Å². The van der Waals surface area contributed by atoms with Gasteiger partial charge in [0.05, 0.1) is 11.1 Å². The van der Waals surface area contributed by atoms with Gasteiger partial charge in [-0.3, -0.25) is 14.7 Å². The number of aromatic nitrogens is 2. The monoisotopic (exact) mass is 339 g/mol. The fraction of sp³-hybridized carbons (Fsp3) is 0.143. The first-order chi connectivity index (χ1) is 11.2. The molecule has 2 amide bonds. The van der Waals surface area contributed by atoms with Crippen molar-refractivity contribution >= 4 is 17.8 Å². The summed E-state index contributed by atoms with van der Waals surface area (Å²) in [5, 5.41) is 5.19. The third kappa shape index (κ3) is 2.32. The number of alkyl halides is 3. The lowest BCUT2D eigenvalue weighted by atomic mass is 10.1. The van der Waals surface area contributed by atoms with Gasteiger partial charge in [0, 0.05) is 5.69 Å². The van der Waals surface area contributed by atoms with Crippen molar-refractivity contribution in [3.05, 3.63) is 52.3 Å². The Morgan fingerprint density at radius 2 is 1.71 bits per heavy atom. The largest absolute Gasteiger partial charge is 0.436 e. The maximum Gasteiger partial charge on any atom is 0.436 e. The molecule has 124 valence electrons. The van der Waals surface area contributed by atoms with Gasteiger partial charge in [-0.05, 0) is 19.1 Å². The summed E-state index contributed by atoms with van der Waals surface area (Å²) >= 11 is 0. The van der Waals surface area contributed by atoms with E-state index in [0.717, 1.165) is 0 Å². The van der Waals surface area contributed by atoms with Crippen LogP contribution in [0.25, 0.3) is 0 Å². The smallest absolute Gasteiger partial charge is 0.324 e. The third-order valence-corrected chi connectivity index (χ3v) is 3.35. The van der Waals surface area contributed by atoms with E-state index >= 15 is 0 Å². The van der Waals surface area contributed by atoms with Crippen LogP contribution in [0.1, 0.15) is 42.5 Å². The minimum Gasteiger partial charge on any atom is -0.324 e. The van der Waals surface area contributed by atoms with E-state index in [1.165, 1.54) is 31.2 Å². The fourth-order valence-electron chi connectivity index (χ4n) is 2.26. The number of benzene rings is 1. The summed E-state index contributed by atoms with van der Waals surface area (Å²) in [5.41, 5.74) is -2.59. The van der Waals surface area contributed by atoms with Crippen molar-refractivity contribution in [3.8, 4) is 0 Å². The first kappa shape index (κ1) is 15.7. The fourth-order valence-corrected chi connectivity index (χ4v) is 2.26. The maximum absolute atomic E-state index is 12.9. The molecule has 24 heavy (non-hydrogen) atoms. The van der Waals surface area contributed by atoms with Crippen LogP contribution in [0.5, 0.6) is 0 Å². The lowest BCUT2D eigenvalue weighted by Crippen LogP contribution is -2.33. The molecule has 0 atom stereocenters. The van der Waals surface area contributed by atoms with Crippen LogP contribution >= 0.6 is 0 Å². The Morgan fingerprint density at radius 1 is 1.17 bits per heavy atom. The number of hydrogen-bond donors (Lipinski definition) is 1. The predicted molar refractivity (Wildman–Crippen MR) is 70.7 cm³/mol. The van der Waals surface area contributed by atoms with Crippen LogP contribution in [0, 0.1) is 6.92 Å². The van der Waals surface area contributed by atoms with Gasteiger partial charge in [0.25, 0.3) is 11.8 Å². The highest BCUT2D eigenvalue weighted by atomic mass is 19.4. The zero-order valence-electron chi connectivity index (χ0n) is 12.0. The molecular weight excluding hydrogens is 331 g/mol. The van der Waals surface area contributed by atoms with Gasteiger partial charge in [-0.1, -0.05) is 17.2 Å². The van der Waals surface area contributed by atoms with Gasteiger partial charge in [0.2, 0.25) is 0 Å². The average Bonchev–Trinajstić information content (AvgIpc) is 3.02. The summed E-state index contributed by atoms with van der Waals surface area (Å²) in [4.78, 5) is 40.8. The van der Waals surface area contributed by atoms with Gasteiger partial charge in [-0.2, -0.15) is 18.3 Å². The summed E-state index contributed by atoms with van der Waals surface area (Å²) < 4.78 is 38.6. The maximum atomic E-state index is 12.9. The molecule has 7 nitrogen and oxygen atoms in total. The van der Waals surface area contributed by atoms with Crippen LogP contribution in [-0.2, 0) is 11.0 Å². The number of aromatic amines is 1. The second-order valence-corrected chi connectivity index (χ2v) is 4.90. The first-order valence-corrected chi connectivity index (χ1v) is 6.54. The highest BCUT2D eigenvalue weighted by Crippen LogP contribution is 2.32. The molecule has 0 fully saturated rings. The number of amides is 2. The number of imide groups is 1. The van der Waals surface area contributed by atoms with Crippen LogP contribution in [0.3, 0.4) is 0 Å². The van der Waals surface area contributed by atoms with Crippen molar-refractivity contribution in [1.29, 1.82) is 0 Å². The van der Waals surface area contributed by atoms with Gasteiger partial charge in [0.1, 0.15) is 5.56 Å². The molecule has 1 aromatic carbocycles. The topological polar surface area (TPSA) is 92.4 Å². The number of H-pyrrole nitrogens is 1. The highest BCUT2D eigenvalue weighted by Gasteiger charge is 2.43. The highest BCUT2D eigenvalue weighted by molar-refractivity contribution is 6.21. The predicted octanol–water partition coefficient (Wildman–Crippen LogP) is 2.10. The Morgan fingerprint density at radius 3 is 2.21 bits per heavy atom. The molecule has 0 saturated carbocycles. The van der Waals surface area contributed by atoms with E-state index in [1.807, 2.05) is 5.10 Å². The average molecular weight is 339 g/mol. The van der Waals surface area contributed by atoms with Crippen molar-refractivity contribution in [2.24, 2.45) is 0 Å². The molecule has 1 N–H and O–H groups in total. The van der Waals surface area contributed by atoms with E-state index in [4.69, 9.17) is 0 Å². The van der Waals surface area contributed by atoms with Crippen molar-refractivity contribution in [1.82, 2.24) is 15.3 Å². The molecule has 0 unspecified atom stereocenters. The normalized spacial score (nSPS) is 14.1. The zero-order chi connectivity index (χ0) is 17.6. The SMILES string of the molecule is Cc1[nH]nc(C(F)(F)F)c1C(=O)ON1C(=O)c2ccccc2C1=O. The van der Waals surface area contributed by atoms with Crippen LogP contribution < -0.4 is 0 Å². The lowest BCUT2D eigenvalue weighted by Gasteiger charge is -2.13. The van der Waals surface area contributed by atoms with Gasteiger partial charge >= 0.3 is 12.1 Å². The molecule has 3 rings (SSSR count). The molecule has 0 bridgehead atoms. The number of rotatable bonds is 2. The Balaban J connectivity index is 1.92. The van der Waals surface area contributed by atoms with Gasteiger partial charge in [0.15, 0.2) is 5.69 Å². The number of nitrogens with zero attached hydrogens (tertiary/aromatic N) is 2. The van der Waals surface area contributed by atoms with Crippen LogP contribution in [-0.4, -0.2) is 33.0 Å². The summed E-state index contributed by atoms with van der Waals surface area (Å²) in [6.45, 7) is 1.18. The van der Waals surface area contributed by atoms with Gasteiger partial charge in [-0.15, -0.1) is 0 Å². The Hall–Kier alpha value is -3.17. The molecule has 0 aliphatic carbocycles. The third-order valence-electron chi connectivity index (χ3n) is 3.35. The lowest BCUT2D eigenvalue weighted by molar-refractivity contribution is -0.142. The zero-order valence-corrected chi connectivity index (χ0v) is 12.0. The summed E-state index contributed by atoms with van der Waals surface area (Å²) in [7, 11) is 0. The second-order valence-electron chi connectivity index (χ2n) is 4.90. The van der Waals surface area contributed by atoms with E-state index in [-0.39, 0.29) is 21.9 Å². The van der Waals surface area contributed by atoms with Crippen LogP contribution in [0.15, 0.2) is 24.3 Å². The number of nitrogens with one attached hydrogen (secondary N) is 1. The van der Waals surface area contributed by atoms with Crippen molar-refractivity contribution in [2.45, 2.75) is 13.1 Å². The standard InChI is InChI=1S/C14H8F3N3O4/c1-6-9(10(19-18-6)14(15,16)17)13(23)24-20-11(21)7-4-2-3-5-8(7)12(20)22/h2-5H,1H3,(H,18,19). The number of carbonyl (C=O) groups excluding carboxylic acids is 3. The number of carbonyl (C=O) groups is 3. The molecule has 0 saturated heterocycles. The minimum atomic E-state index is -4.90. The molecule has 10 heteroatoms. The molecular formula is C14H8F3N3O4. The van der Waals surface area contributed by atoms with Crippen molar-refractivity contribution < 1.29 is 32.4 Å². The van der Waals surface area contributed by atoms with Crippen molar-refractivity contribution in [3.63, 3.8) is 0 Å². The second kappa shape index (κ2) is 5.18. The molecule has 1 aliphatic rings. The van der Waals surface area contributed by atoms with Gasteiger partial charge in [-0.25, -0.2) is 4.79 Å². The molecule has 0 radical (unpaired) electrons. The number of hydroxylamine groups is 2. The first-order valence-electron chi connectivity index (χ1n) is 6.54. The molecule has 1 aliphatic heterocycles. The summed E-state index contributed by atoms with van der Waals surface area (Å²) in [6.07, 6.45) is -4.90. The quantitative estimate of drug-likeness (QED) is 0.846. The Kier molecular flexibility index (Phi) is 3.39. The van der Waals surface area contributed by atoms with E-state index in [1.54, 1.807) is 0 Å².